The van der Waals surface area contributed by atoms with Crippen molar-refractivity contribution in [3.63, 3.8) is 0 Å². The summed E-state index contributed by atoms with van der Waals surface area (Å²) in [6, 6.07) is 0.409. The van der Waals surface area contributed by atoms with Crippen molar-refractivity contribution in [2.75, 3.05) is 20.8 Å². The fourth-order valence-corrected chi connectivity index (χ4v) is 2.57. The first-order valence-electron chi connectivity index (χ1n) is 6.42. The third-order valence-electron chi connectivity index (χ3n) is 3.72. The standard InChI is InChI=1S/C13H25NO3/c1-10(2)13(9-16-3,12(15)17-4)14-11-7-5-6-8-11/h10-11,14H,5-9H2,1-4H3. The van der Waals surface area contributed by atoms with Crippen LogP contribution in [0.3, 0.4) is 0 Å². The Morgan fingerprint density at radius 1 is 1.35 bits per heavy atom. The van der Waals surface area contributed by atoms with Crippen LogP contribution in [0.15, 0.2) is 0 Å². The number of carbonyl (C=O) groups is 1. The van der Waals surface area contributed by atoms with E-state index in [1.165, 1.54) is 20.0 Å². The lowest BCUT2D eigenvalue weighted by Crippen LogP contribution is -2.62. The van der Waals surface area contributed by atoms with Gasteiger partial charge in [-0.1, -0.05) is 26.7 Å². The molecule has 1 aliphatic rings. The van der Waals surface area contributed by atoms with E-state index in [4.69, 9.17) is 9.47 Å². The Morgan fingerprint density at radius 2 is 1.94 bits per heavy atom. The largest absolute Gasteiger partial charge is 0.468 e. The Morgan fingerprint density at radius 3 is 2.35 bits per heavy atom. The fraction of sp³-hybridized carbons (Fsp3) is 0.923. The van der Waals surface area contributed by atoms with Crippen LogP contribution in [0, 0.1) is 5.92 Å². The normalized spacial score (nSPS) is 20.5. The molecule has 0 spiro atoms. The van der Waals surface area contributed by atoms with Gasteiger partial charge in [0.25, 0.3) is 0 Å². The van der Waals surface area contributed by atoms with Gasteiger partial charge < -0.3 is 9.47 Å². The minimum atomic E-state index is -0.710. The molecule has 1 fully saturated rings. The summed E-state index contributed by atoms with van der Waals surface area (Å²) in [6.45, 7) is 4.41. The number of hydrogen-bond donors (Lipinski definition) is 1. The molecule has 1 aliphatic carbocycles. The van der Waals surface area contributed by atoms with Crippen LogP contribution in [-0.4, -0.2) is 38.4 Å². The second-order valence-electron chi connectivity index (χ2n) is 5.18. The zero-order valence-electron chi connectivity index (χ0n) is 11.4. The van der Waals surface area contributed by atoms with Gasteiger partial charge in [0.2, 0.25) is 0 Å². The van der Waals surface area contributed by atoms with Gasteiger partial charge in [-0.25, -0.2) is 4.79 Å². The highest BCUT2D eigenvalue weighted by atomic mass is 16.5. The van der Waals surface area contributed by atoms with Crippen LogP contribution in [0.25, 0.3) is 0 Å². The number of methoxy groups -OCH3 is 2. The molecular formula is C13H25NO3. The first-order valence-corrected chi connectivity index (χ1v) is 6.42. The van der Waals surface area contributed by atoms with Crippen molar-refractivity contribution in [1.29, 1.82) is 0 Å². The maximum Gasteiger partial charge on any atom is 0.328 e. The van der Waals surface area contributed by atoms with Crippen LogP contribution in [0.2, 0.25) is 0 Å². The molecular weight excluding hydrogens is 218 g/mol. The van der Waals surface area contributed by atoms with Crippen molar-refractivity contribution in [2.45, 2.75) is 51.1 Å². The smallest absolute Gasteiger partial charge is 0.328 e. The zero-order chi connectivity index (χ0) is 12.9. The topological polar surface area (TPSA) is 47.6 Å². The molecule has 0 saturated heterocycles. The Kier molecular flexibility index (Phi) is 5.40. The van der Waals surface area contributed by atoms with Gasteiger partial charge in [0, 0.05) is 13.2 Å². The fourth-order valence-electron chi connectivity index (χ4n) is 2.57. The van der Waals surface area contributed by atoms with Crippen LogP contribution >= 0.6 is 0 Å². The minimum Gasteiger partial charge on any atom is -0.468 e. The van der Waals surface area contributed by atoms with Crippen molar-refractivity contribution >= 4 is 5.97 Å². The molecule has 0 aliphatic heterocycles. The van der Waals surface area contributed by atoms with E-state index >= 15 is 0 Å². The highest BCUT2D eigenvalue weighted by Crippen LogP contribution is 2.26. The van der Waals surface area contributed by atoms with E-state index in [1.807, 2.05) is 13.8 Å². The summed E-state index contributed by atoms with van der Waals surface area (Å²) in [4.78, 5) is 12.1. The van der Waals surface area contributed by atoms with Gasteiger partial charge in [-0.2, -0.15) is 0 Å². The molecule has 0 aromatic heterocycles. The summed E-state index contributed by atoms with van der Waals surface area (Å²) in [6.07, 6.45) is 4.74. The molecule has 1 atom stereocenters. The average molecular weight is 243 g/mol. The van der Waals surface area contributed by atoms with Crippen molar-refractivity contribution in [3.05, 3.63) is 0 Å². The van der Waals surface area contributed by atoms with E-state index in [9.17, 15) is 4.79 Å². The van der Waals surface area contributed by atoms with Gasteiger partial charge in [0.05, 0.1) is 13.7 Å². The Labute approximate surface area is 104 Å². The van der Waals surface area contributed by atoms with Crippen molar-refractivity contribution in [1.82, 2.24) is 5.32 Å². The first-order chi connectivity index (χ1) is 8.06. The van der Waals surface area contributed by atoms with Crippen LogP contribution in [0.1, 0.15) is 39.5 Å². The molecule has 4 heteroatoms. The summed E-state index contributed by atoms with van der Waals surface area (Å²) in [5, 5.41) is 3.48. The Bertz CT molecular complexity index is 249. The molecule has 1 saturated carbocycles. The Hall–Kier alpha value is -0.610. The van der Waals surface area contributed by atoms with E-state index in [-0.39, 0.29) is 11.9 Å². The maximum atomic E-state index is 12.1. The van der Waals surface area contributed by atoms with Crippen LogP contribution in [-0.2, 0) is 14.3 Å². The molecule has 1 N–H and O–H groups in total. The molecule has 1 rings (SSSR count). The molecule has 17 heavy (non-hydrogen) atoms. The highest BCUT2D eigenvalue weighted by Gasteiger charge is 2.44. The van der Waals surface area contributed by atoms with Gasteiger partial charge in [-0.05, 0) is 18.8 Å². The third-order valence-corrected chi connectivity index (χ3v) is 3.72. The quantitative estimate of drug-likeness (QED) is 0.722. The predicted octanol–water partition coefficient (Wildman–Crippen LogP) is 1.73. The molecule has 100 valence electrons. The lowest BCUT2D eigenvalue weighted by atomic mass is 9.86. The van der Waals surface area contributed by atoms with E-state index in [2.05, 4.69) is 5.32 Å². The summed E-state index contributed by atoms with van der Waals surface area (Å²) < 4.78 is 10.2. The van der Waals surface area contributed by atoms with E-state index in [0.717, 1.165) is 12.8 Å². The molecule has 0 aromatic rings. The first kappa shape index (κ1) is 14.5. The average Bonchev–Trinajstić information content (AvgIpc) is 2.79. The van der Waals surface area contributed by atoms with Crippen LogP contribution < -0.4 is 5.32 Å². The van der Waals surface area contributed by atoms with Gasteiger partial charge in [-0.15, -0.1) is 0 Å². The summed E-state index contributed by atoms with van der Waals surface area (Å²) >= 11 is 0. The number of ether oxygens (including phenoxy) is 2. The lowest BCUT2D eigenvalue weighted by molar-refractivity contribution is -0.154. The van der Waals surface area contributed by atoms with Gasteiger partial charge >= 0.3 is 5.97 Å². The number of rotatable bonds is 6. The molecule has 0 bridgehead atoms. The van der Waals surface area contributed by atoms with Gasteiger partial charge in [-0.3, -0.25) is 5.32 Å². The maximum absolute atomic E-state index is 12.1. The SMILES string of the molecule is COCC(NC1CCCC1)(C(=O)OC)C(C)C. The number of nitrogens with one attached hydrogen (secondary N) is 1. The van der Waals surface area contributed by atoms with Gasteiger partial charge in [0.15, 0.2) is 0 Å². The summed E-state index contributed by atoms with van der Waals surface area (Å²) in [5.74, 6) is -0.0863. The van der Waals surface area contributed by atoms with Gasteiger partial charge in [0.1, 0.15) is 5.54 Å². The number of carbonyl (C=O) groups excluding carboxylic acids is 1. The highest BCUT2D eigenvalue weighted by molar-refractivity contribution is 5.81. The Balaban J connectivity index is 2.83. The monoisotopic (exact) mass is 243 g/mol. The molecule has 0 radical (unpaired) electrons. The van der Waals surface area contributed by atoms with Crippen molar-refractivity contribution in [3.8, 4) is 0 Å². The minimum absolute atomic E-state index is 0.135. The van der Waals surface area contributed by atoms with Crippen LogP contribution in [0.5, 0.6) is 0 Å². The zero-order valence-corrected chi connectivity index (χ0v) is 11.4. The molecule has 0 amide bonds. The van der Waals surface area contributed by atoms with Crippen LogP contribution in [0.4, 0.5) is 0 Å². The molecule has 1 unspecified atom stereocenters. The second kappa shape index (κ2) is 6.36. The summed E-state index contributed by atoms with van der Waals surface area (Å²) in [7, 11) is 3.06. The number of esters is 1. The number of hydrogen-bond acceptors (Lipinski definition) is 4. The lowest BCUT2D eigenvalue weighted by Gasteiger charge is -2.37. The summed E-state index contributed by atoms with van der Waals surface area (Å²) in [5.41, 5.74) is -0.710. The van der Waals surface area contributed by atoms with Crippen molar-refractivity contribution < 1.29 is 14.3 Å². The molecule has 0 heterocycles. The van der Waals surface area contributed by atoms with E-state index < -0.39 is 5.54 Å². The van der Waals surface area contributed by atoms with Crippen molar-refractivity contribution in [2.24, 2.45) is 5.92 Å². The second-order valence-corrected chi connectivity index (χ2v) is 5.18. The van der Waals surface area contributed by atoms with E-state index in [0.29, 0.717) is 12.6 Å². The molecule has 0 aromatic carbocycles. The molecule has 4 nitrogen and oxygen atoms in total. The predicted molar refractivity (Wildman–Crippen MR) is 66.9 cm³/mol. The third kappa shape index (κ3) is 3.19. The van der Waals surface area contributed by atoms with E-state index in [1.54, 1.807) is 7.11 Å².